The molecule has 7 nitrogen and oxygen atoms in total. The number of nitro groups is 1. The summed E-state index contributed by atoms with van der Waals surface area (Å²) in [5.41, 5.74) is 1.90. The molecule has 4 atom stereocenters. The largest absolute Gasteiger partial charge is 0.493 e. The van der Waals surface area contributed by atoms with Gasteiger partial charge in [-0.2, -0.15) is 0 Å². The van der Waals surface area contributed by atoms with Gasteiger partial charge in [-0.05, 0) is 11.6 Å². The number of ether oxygens (including phenoxy) is 2. The second-order valence-electron chi connectivity index (χ2n) is 6.53. The van der Waals surface area contributed by atoms with Gasteiger partial charge in [0.2, 0.25) is 0 Å². The molecule has 0 aromatic heterocycles. The van der Waals surface area contributed by atoms with Crippen molar-refractivity contribution >= 4 is 11.7 Å². The van der Waals surface area contributed by atoms with Crippen molar-refractivity contribution in [1.29, 1.82) is 0 Å². The maximum Gasteiger partial charge on any atom is 0.323 e. The molecule has 7 heteroatoms. The molecule has 0 aliphatic carbocycles. The standard InChI is InChI=1S/C19H18N2O5/c1-25-19(22)18-16(11-6-8-12(9-7-11)21(23)24)14-10-26-15-5-3-2-4-13(15)17(14)20-18/h2-9,14,16-18,20H,10H2,1H3/t14-,16-,17-,18+/m0/s1. The fraction of sp³-hybridized carbons (Fsp3) is 0.316. The highest BCUT2D eigenvalue weighted by atomic mass is 16.6. The number of esters is 1. The first-order chi connectivity index (χ1) is 12.6. The van der Waals surface area contributed by atoms with E-state index in [-0.39, 0.29) is 29.5 Å². The van der Waals surface area contributed by atoms with Gasteiger partial charge < -0.3 is 9.47 Å². The minimum atomic E-state index is -0.536. The number of rotatable bonds is 3. The van der Waals surface area contributed by atoms with E-state index in [1.807, 2.05) is 24.3 Å². The van der Waals surface area contributed by atoms with Crippen LogP contribution in [0.5, 0.6) is 5.75 Å². The van der Waals surface area contributed by atoms with E-state index >= 15 is 0 Å². The Kier molecular flexibility index (Phi) is 4.08. The van der Waals surface area contributed by atoms with E-state index in [1.54, 1.807) is 12.1 Å². The Morgan fingerprint density at radius 1 is 1.23 bits per heavy atom. The number of nitrogens with zero attached hydrogens (tertiary/aromatic N) is 1. The van der Waals surface area contributed by atoms with E-state index in [1.165, 1.54) is 19.2 Å². The van der Waals surface area contributed by atoms with Crippen LogP contribution >= 0.6 is 0 Å². The number of fused-ring (bicyclic) bond motifs is 3. The highest BCUT2D eigenvalue weighted by Gasteiger charge is 2.50. The molecule has 2 aliphatic heterocycles. The van der Waals surface area contributed by atoms with Gasteiger partial charge in [0, 0.05) is 35.6 Å². The molecule has 1 N–H and O–H groups in total. The van der Waals surface area contributed by atoms with Crippen molar-refractivity contribution in [3.63, 3.8) is 0 Å². The first kappa shape index (κ1) is 16.5. The van der Waals surface area contributed by atoms with Gasteiger partial charge in [0.1, 0.15) is 11.8 Å². The average molecular weight is 354 g/mol. The first-order valence-electron chi connectivity index (χ1n) is 8.40. The Bertz CT molecular complexity index is 851. The molecule has 0 bridgehead atoms. The number of para-hydroxylation sites is 1. The number of methoxy groups -OCH3 is 1. The SMILES string of the molecule is COC(=O)[C@@H]1N[C@H]2c3ccccc3OC[C@H]2[C@@H]1c1ccc([N+](=O)[O-])cc1. The van der Waals surface area contributed by atoms with Crippen LogP contribution in [0.2, 0.25) is 0 Å². The Hall–Kier alpha value is -2.93. The quantitative estimate of drug-likeness (QED) is 0.517. The molecule has 2 aromatic rings. The molecule has 1 saturated heterocycles. The van der Waals surface area contributed by atoms with Crippen LogP contribution in [0.4, 0.5) is 5.69 Å². The second-order valence-corrected chi connectivity index (χ2v) is 6.53. The Morgan fingerprint density at radius 3 is 2.65 bits per heavy atom. The number of carbonyl (C=O) groups is 1. The van der Waals surface area contributed by atoms with Crippen molar-refractivity contribution in [3.05, 3.63) is 69.8 Å². The molecule has 4 rings (SSSR count). The Morgan fingerprint density at radius 2 is 1.96 bits per heavy atom. The summed E-state index contributed by atoms with van der Waals surface area (Å²) in [4.78, 5) is 22.9. The average Bonchev–Trinajstić information content (AvgIpc) is 3.07. The Labute approximate surface area is 150 Å². The highest BCUT2D eigenvalue weighted by molar-refractivity contribution is 5.78. The summed E-state index contributed by atoms with van der Waals surface area (Å²) in [5, 5.41) is 14.3. The number of nitrogens with one attached hydrogen (secondary N) is 1. The van der Waals surface area contributed by atoms with Gasteiger partial charge in [0.05, 0.1) is 18.6 Å². The third kappa shape index (κ3) is 2.61. The third-order valence-corrected chi connectivity index (χ3v) is 5.24. The van der Waals surface area contributed by atoms with Crippen molar-refractivity contribution in [1.82, 2.24) is 5.32 Å². The molecule has 0 amide bonds. The summed E-state index contributed by atoms with van der Waals surface area (Å²) >= 11 is 0. The zero-order valence-corrected chi connectivity index (χ0v) is 14.1. The maximum atomic E-state index is 12.4. The van der Waals surface area contributed by atoms with Gasteiger partial charge in [-0.15, -0.1) is 0 Å². The van der Waals surface area contributed by atoms with Crippen LogP contribution in [0.25, 0.3) is 0 Å². The summed E-state index contributed by atoms with van der Waals surface area (Å²) in [6.07, 6.45) is 0. The molecule has 0 saturated carbocycles. The van der Waals surface area contributed by atoms with Gasteiger partial charge >= 0.3 is 5.97 Å². The van der Waals surface area contributed by atoms with Gasteiger partial charge in [0.25, 0.3) is 5.69 Å². The lowest BCUT2D eigenvalue weighted by Crippen LogP contribution is -2.36. The van der Waals surface area contributed by atoms with Crippen LogP contribution in [-0.4, -0.2) is 30.7 Å². The van der Waals surface area contributed by atoms with E-state index in [2.05, 4.69) is 5.32 Å². The molecular formula is C19H18N2O5. The van der Waals surface area contributed by atoms with E-state index in [0.29, 0.717) is 6.61 Å². The van der Waals surface area contributed by atoms with Gasteiger partial charge in [-0.25, -0.2) is 0 Å². The van der Waals surface area contributed by atoms with E-state index in [4.69, 9.17) is 9.47 Å². The topological polar surface area (TPSA) is 90.7 Å². The lowest BCUT2D eigenvalue weighted by molar-refractivity contribution is -0.384. The number of hydrogen-bond donors (Lipinski definition) is 1. The smallest absolute Gasteiger partial charge is 0.323 e. The fourth-order valence-corrected chi connectivity index (χ4v) is 4.05. The predicted octanol–water partition coefficient (Wildman–Crippen LogP) is 2.57. The van der Waals surface area contributed by atoms with Crippen molar-refractivity contribution in [2.24, 2.45) is 5.92 Å². The van der Waals surface area contributed by atoms with Crippen molar-refractivity contribution in [2.75, 3.05) is 13.7 Å². The van der Waals surface area contributed by atoms with Gasteiger partial charge in [0.15, 0.2) is 0 Å². The molecule has 0 unspecified atom stereocenters. The molecular weight excluding hydrogens is 336 g/mol. The van der Waals surface area contributed by atoms with Crippen molar-refractivity contribution in [3.8, 4) is 5.75 Å². The van der Waals surface area contributed by atoms with Crippen LogP contribution in [0.3, 0.4) is 0 Å². The van der Waals surface area contributed by atoms with Crippen LogP contribution in [0.1, 0.15) is 23.1 Å². The normalized spacial score (nSPS) is 26.3. The summed E-state index contributed by atoms with van der Waals surface area (Å²) in [5.74, 6) is 0.298. The molecule has 2 heterocycles. The number of nitro benzene ring substituents is 1. The minimum absolute atomic E-state index is 0.0236. The molecule has 2 aliphatic rings. The third-order valence-electron chi connectivity index (χ3n) is 5.24. The van der Waals surface area contributed by atoms with Gasteiger partial charge in [-0.1, -0.05) is 30.3 Å². The number of benzene rings is 2. The summed E-state index contributed by atoms with van der Waals surface area (Å²) in [6.45, 7) is 0.462. The molecule has 0 spiro atoms. The second kappa shape index (κ2) is 6.42. The Balaban J connectivity index is 1.74. The lowest BCUT2D eigenvalue weighted by atomic mass is 9.79. The zero-order chi connectivity index (χ0) is 18.3. The van der Waals surface area contributed by atoms with Crippen LogP contribution in [-0.2, 0) is 9.53 Å². The lowest BCUT2D eigenvalue weighted by Gasteiger charge is -2.31. The van der Waals surface area contributed by atoms with E-state index in [9.17, 15) is 14.9 Å². The van der Waals surface area contributed by atoms with E-state index < -0.39 is 11.0 Å². The molecule has 1 fully saturated rings. The van der Waals surface area contributed by atoms with Crippen LogP contribution in [0, 0.1) is 16.0 Å². The monoisotopic (exact) mass is 354 g/mol. The molecule has 2 aromatic carbocycles. The maximum absolute atomic E-state index is 12.4. The van der Waals surface area contributed by atoms with Crippen LogP contribution < -0.4 is 10.1 Å². The van der Waals surface area contributed by atoms with Crippen molar-refractivity contribution in [2.45, 2.75) is 18.0 Å². The zero-order valence-electron chi connectivity index (χ0n) is 14.1. The van der Waals surface area contributed by atoms with Crippen molar-refractivity contribution < 1.29 is 19.2 Å². The van der Waals surface area contributed by atoms with E-state index in [0.717, 1.165) is 16.9 Å². The summed E-state index contributed by atoms with van der Waals surface area (Å²) in [6, 6.07) is 13.6. The number of non-ortho nitro benzene ring substituents is 1. The van der Waals surface area contributed by atoms with Gasteiger partial charge in [-0.3, -0.25) is 20.2 Å². The summed E-state index contributed by atoms with van der Waals surface area (Å²) < 4.78 is 10.9. The predicted molar refractivity (Wildman–Crippen MR) is 92.9 cm³/mol. The molecule has 26 heavy (non-hydrogen) atoms. The molecule has 0 radical (unpaired) electrons. The highest BCUT2D eigenvalue weighted by Crippen LogP contribution is 2.48. The number of hydrogen-bond acceptors (Lipinski definition) is 6. The first-order valence-corrected chi connectivity index (χ1v) is 8.40. The van der Waals surface area contributed by atoms with Crippen LogP contribution in [0.15, 0.2) is 48.5 Å². The minimum Gasteiger partial charge on any atom is -0.493 e. The fourth-order valence-electron chi connectivity index (χ4n) is 4.05. The summed E-state index contributed by atoms with van der Waals surface area (Å²) in [7, 11) is 1.36. The molecule has 134 valence electrons. The number of carbonyl (C=O) groups excluding carboxylic acids is 1.